The molecule has 130 valence electrons. The Kier molecular flexibility index (Phi) is 7.67. The quantitative estimate of drug-likeness (QED) is 0.804. The molecule has 0 radical (unpaired) electrons. The number of ether oxygens (including phenoxy) is 1. The highest BCUT2D eigenvalue weighted by Crippen LogP contribution is 2.19. The van der Waals surface area contributed by atoms with Crippen molar-refractivity contribution in [2.45, 2.75) is 78.9 Å². The van der Waals surface area contributed by atoms with Crippen LogP contribution < -0.4 is 5.32 Å². The minimum atomic E-state index is -0.402. The van der Waals surface area contributed by atoms with Crippen molar-refractivity contribution < 1.29 is 9.53 Å². The smallest absolute Gasteiger partial charge is 0.410 e. The normalized spacial score (nSPS) is 19.8. The average Bonchev–Trinajstić information content (AvgIpc) is 2.43. The average molecular weight is 312 g/mol. The van der Waals surface area contributed by atoms with Gasteiger partial charge >= 0.3 is 6.09 Å². The standard InChI is InChI=1S/C18H36N2O2/c1-7-14(2)12-15(3)19-13-16-8-10-20(11-9-16)17(21)22-18(4,5)6/h14-16,19H,7-13H2,1-6H3. The zero-order chi connectivity index (χ0) is 16.8. The van der Waals surface area contributed by atoms with Crippen LogP contribution >= 0.6 is 0 Å². The van der Waals surface area contributed by atoms with Gasteiger partial charge in [-0.1, -0.05) is 20.3 Å². The van der Waals surface area contributed by atoms with Crippen LogP contribution in [0.4, 0.5) is 4.79 Å². The molecule has 1 aliphatic rings. The molecule has 1 fully saturated rings. The summed E-state index contributed by atoms with van der Waals surface area (Å²) < 4.78 is 5.44. The lowest BCUT2D eigenvalue weighted by Gasteiger charge is -2.34. The van der Waals surface area contributed by atoms with Gasteiger partial charge in [-0.15, -0.1) is 0 Å². The van der Waals surface area contributed by atoms with E-state index in [4.69, 9.17) is 4.74 Å². The van der Waals surface area contributed by atoms with Crippen LogP contribution in [0.2, 0.25) is 0 Å². The molecule has 1 N–H and O–H groups in total. The van der Waals surface area contributed by atoms with Gasteiger partial charge in [-0.2, -0.15) is 0 Å². The van der Waals surface area contributed by atoms with Crippen molar-refractivity contribution in [1.82, 2.24) is 10.2 Å². The Morgan fingerprint density at radius 2 is 1.86 bits per heavy atom. The van der Waals surface area contributed by atoms with Crippen molar-refractivity contribution in [2.24, 2.45) is 11.8 Å². The number of hydrogen-bond donors (Lipinski definition) is 1. The van der Waals surface area contributed by atoms with Gasteiger partial charge in [-0.05, 0) is 65.3 Å². The predicted octanol–water partition coefficient (Wildman–Crippen LogP) is 4.05. The maximum atomic E-state index is 12.0. The molecule has 0 aliphatic carbocycles. The molecule has 0 aromatic carbocycles. The molecule has 2 atom stereocenters. The third-order valence-electron chi connectivity index (χ3n) is 4.47. The van der Waals surface area contributed by atoms with Crippen LogP contribution in [0, 0.1) is 11.8 Å². The predicted molar refractivity (Wildman–Crippen MR) is 92.1 cm³/mol. The number of carbonyl (C=O) groups excluding carboxylic acids is 1. The Morgan fingerprint density at radius 1 is 1.27 bits per heavy atom. The van der Waals surface area contributed by atoms with Gasteiger partial charge in [-0.25, -0.2) is 4.79 Å². The topological polar surface area (TPSA) is 41.6 Å². The van der Waals surface area contributed by atoms with E-state index in [1.807, 2.05) is 25.7 Å². The number of nitrogens with zero attached hydrogens (tertiary/aromatic N) is 1. The van der Waals surface area contributed by atoms with E-state index in [2.05, 4.69) is 26.1 Å². The molecule has 4 heteroatoms. The lowest BCUT2D eigenvalue weighted by molar-refractivity contribution is 0.0183. The van der Waals surface area contributed by atoms with E-state index in [9.17, 15) is 4.79 Å². The first-order chi connectivity index (χ1) is 10.2. The van der Waals surface area contributed by atoms with Crippen LogP contribution in [-0.2, 0) is 4.74 Å². The van der Waals surface area contributed by atoms with Crippen LogP contribution in [0.25, 0.3) is 0 Å². The van der Waals surface area contributed by atoms with Crippen LogP contribution in [0.15, 0.2) is 0 Å². The molecule has 1 aliphatic heterocycles. The molecular formula is C18H36N2O2. The highest BCUT2D eigenvalue weighted by Gasteiger charge is 2.26. The maximum absolute atomic E-state index is 12.0. The summed E-state index contributed by atoms with van der Waals surface area (Å²) in [5.74, 6) is 1.47. The van der Waals surface area contributed by atoms with Crippen LogP contribution in [0.5, 0.6) is 0 Å². The summed E-state index contributed by atoms with van der Waals surface area (Å²) in [5, 5.41) is 3.67. The fourth-order valence-corrected chi connectivity index (χ4v) is 2.87. The summed E-state index contributed by atoms with van der Waals surface area (Å²) in [5.41, 5.74) is -0.402. The van der Waals surface area contributed by atoms with E-state index in [1.54, 1.807) is 0 Å². The van der Waals surface area contributed by atoms with Crippen molar-refractivity contribution in [3.05, 3.63) is 0 Å². The maximum Gasteiger partial charge on any atom is 0.410 e. The summed E-state index contributed by atoms with van der Waals surface area (Å²) in [4.78, 5) is 13.9. The Hall–Kier alpha value is -0.770. The molecular weight excluding hydrogens is 276 g/mol. The molecule has 0 bridgehead atoms. The second-order valence-corrected chi connectivity index (χ2v) is 7.97. The molecule has 4 nitrogen and oxygen atoms in total. The van der Waals surface area contributed by atoms with Crippen molar-refractivity contribution in [3.8, 4) is 0 Å². The molecule has 2 unspecified atom stereocenters. The molecule has 0 spiro atoms. The Balaban J connectivity index is 2.24. The van der Waals surface area contributed by atoms with Gasteiger partial charge in [0.1, 0.15) is 5.60 Å². The molecule has 0 aromatic heterocycles. The van der Waals surface area contributed by atoms with Gasteiger partial charge in [0, 0.05) is 19.1 Å². The molecule has 22 heavy (non-hydrogen) atoms. The minimum absolute atomic E-state index is 0.163. The Bertz CT molecular complexity index is 330. The zero-order valence-electron chi connectivity index (χ0n) is 15.4. The van der Waals surface area contributed by atoms with Crippen molar-refractivity contribution in [2.75, 3.05) is 19.6 Å². The summed E-state index contributed by atoms with van der Waals surface area (Å²) in [6.45, 7) is 15.3. The summed E-state index contributed by atoms with van der Waals surface area (Å²) in [7, 11) is 0. The fraction of sp³-hybridized carbons (Fsp3) is 0.944. The van der Waals surface area contributed by atoms with Gasteiger partial charge in [0.15, 0.2) is 0 Å². The molecule has 1 rings (SSSR count). The van der Waals surface area contributed by atoms with Crippen LogP contribution in [0.3, 0.4) is 0 Å². The van der Waals surface area contributed by atoms with Gasteiger partial charge in [-0.3, -0.25) is 0 Å². The molecule has 1 saturated heterocycles. The zero-order valence-corrected chi connectivity index (χ0v) is 15.4. The van der Waals surface area contributed by atoms with E-state index in [0.717, 1.165) is 38.4 Å². The van der Waals surface area contributed by atoms with Gasteiger partial charge in [0.2, 0.25) is 0 Å². The first kappa shape index (κ1) is 19.3. The highest BCUT2D eigenvalue weighted by atomic mass is 16.6. The Labute approximate surface area is 137 Å². The molecule has 0 aromatic rings. The van der Waals surface area contributed by atoms with E-state index >= 15 is 0 Å². The van der Waals surface area contributed by atoms with Crippen molar-refractivity contribution in [3.63, 3.8) is 0 Å². The second kappa shape index (κ2) is 8.76. The number of amides is 1. The van der Waals surface area contributed by atoms with Crippen LogP contribution in [0.1, 0.15) is 67.2 Å². The van der Waals surface area contributed by atoms with Gasteiger partial charge in [0.05, 0.1) is 0 Å². The molecule has 1 heterocycles. The monoisotopic (exact) mass is 312 g/mol. The minimum Gasteiger partial charge on any atom is -0.444 e. The number of piperidine rings is 1. The van der Waals surface area contributed by atoms with E-state index < -0.39 is 5.60 Å². The third-order valence-corrected chi connectivity index (χ3v) is 4.47. The third kappa shape index (κ3) is 7.48. The lowest BCUT2D eigenvalue weighted by atomic mass is 9.95. The largest absolute Gasteiger partial charge is 0.444 e. The SMILES string of the molecule is CCC(C)CC(C)NCC1CCN(C(=O)OC(C)(C)C)CC1. The summed E-state index contributed by atoms with van der Waals surface area (Å²) in [6, 6.07) is 0.582. The van der Waals surface area contributed by atoms with E-state index in [-0.39, 0.29) is 6.09 Å². The summed E-state index contributed by atoms with van der Waals surface area (Å²) >= 11 is 0. The van der Waals surface area contributed by atoms with Gasteiger partial charge < -0.3 is 15.0 Å². The van der Waals surface area contributed by atoms with Crippen LogP contribution in [-0.4, -0.2) is 42.3 Å². The number of hydrogen-bond acceptors (Lipinski definition) is 3. The fourth-order valence-electron chi connectivity index (χ4n) is 2.87. The highest BCUT2D eigenvalue weighted by molar-refractivity contribution is 5.68. The molecule has 0 saturated carbocycles. The second-order valence-electron chi connectivity index (χ2n) is 7.97. The van der Waals surface area contributed by atoms with Crippen molar-refractivity contribution >= 4 is 6.09 Å². The Morgan fingerprint density at radius 3 is 2.36 bits per heavy atom. The first-order valence-corrected chi connectivity index (χ1v) is 8.92. The number of rotatable bonds is 6. The summed E-state index contributed by atoms with van der Waals surface area (Å²) in [6.07, 6.45) is 4.47. The van der Waals surface area contributed by atoms with Crippen molar-refractivity contribution in [1.29, 1.82) is 0 Å². The first-order valence-electron chi connectivity index (χ1n) is 8.92. The number of likely N-dealkylation sites (tertiary alicyclic amines) is 1. The lowest BCUT2D eigenvalue weighted by Crippen LogP contribution is -2.44. The van der Waals surface area contributed by atoms with Gasteiger partial charge in [0.25, 0.3) is 0 Å². The molecule has 1 amide bonds. The number of carbonyl (C=O) groups is 1. The number of nitrogens with one attached hydrogen (secondary N) is 1. The van der Waals surface area contributed by atoms with E-state index in [1.165, 1.54) is 12.8 Å². The van der Waals surface area contributed by atoms with E-state index in [0.29, 0.717) is 12.0 Å².